The molecule has 0 saturated heterocycles. The Morgan fingerprint density at radius 1 is 0.905 bits per heavy atom. The number of ketones is 1. The number of Topliss-reactive ketones (excluding diaryl/α,β-unsaturated/α-hetero) is 1. The monoisotopic (exact) mass is 384 g/mol. The van der Waals surface area contributed by atoms with Gasteiger partial charge in [0.2, 0.25) is 0 Å². The topological polar surface area (TPSA) is 54.4 Å². The van der Waals surface area contributed by atoms with E-state index in [1.54, 1.807) is 0 Å². The fourth-order valence-electron chi connectivity index (χ4n) is 1.72. The number of carboxylic acid groups (broad SMARTS) is 1. The fourth-order valence-corrected chi connectivity index (χ4v) is 2.25. The van der Waals surface area contributed by atoms with Gasteiger partial charge in [0.25, 0.3) is 0 Å². The zero-order valence-corrected chi connectivity index (χ0v) is 12.0. The zero-order chi connectivity index (χ0) is 16.7. The van der Waals surface area contributed by atoms with Gasteiger partial charge in [0.05, 0.1) is 5.33 Å². The third-order valence-electron chi connectivity index (χ3n) is 3.65. The van der Waals surface area contributed by atoms with Gasteiger partial charge in [-0.05, 0) is 25.7 Å². The van der Waals surface area contributed by atoms with Crippen LogP contribution in [0.5, 0.6) is 0 Å². The molecule has 0 amide bonds. The Labute approximate surface area is 123 Å². The van der Waals surface area contributed by atoms with Crippen LogP contribution >= 0.6 is 15.9 Å². The summed E-state index contributed by atoms with van der Waals surface area (Å²) in [4.78, 5) is 20.8. The van der Waals surface area contributed by atoms with Crippen LogP contribution in [-0.4, -0.2) is 34.5 Å². The lowest BCUT2D eigenvalue weighted by Gasteiger charge is -2.15. The highest BCUT2D eigenvalue weighted by atomic mass is 79.9. The van der Waals surface area contributed by atoms with Gasteiger partial charge < -0.3 is 5.11 Å². The maximum Gasteiger partial charge on any atom is 0.404 e. The van der Waals surface area contributed by atoms with E-state index in [4.69, 9.17) is 5.11 Å². The quantitative estimate of drug-likeness (QED) is 0.596. The molecule has 10 heteroatoms. The van der Waals surface area contributed by atoms with Crippen LogP contribution in [0.2, 0.25) is 0 Å². The molecule has 0 aromatic carbocycles. The Kier molecular flexibility index (Phi) is 4.73. The molecule has 3 nitrogen and oxygen atoms in total. The predicted octanol–water partition coefficient (Wildman–Crippen LogP) is 3.71. The summed E-state index contributed by atoms with van der Waals surface area (Å²) < 4.78 is 71.6. The number of hydrogen-bond donors (Lipinski definition) is 1. The van der Waals surface area contributed by atoms with Gasteiger partial charge in [-0.1, -0.05) is 15.9 Å². The van der Waals surface area contributed by atoms with E-state index in [9.17, 15) is 35.9 Å². The molecule has 2 rings (SSSR count). The molecule has 0 atom stereocenters. The third-order valence-corrected chi connectivity index (χ3v) is 4.16. The van der Waals surface area contributed by atoms with Crippen molar-refractivity contribution in [1.29, 1.82) is 0 Å². The third kappa shape index (κ3) is 3.35. The molecule has 1 N–H and O–H groups in total. The van der Waals surface area contributed by atoms with Gasteiger partial charge >= 0.3 is 18.3 Å². The first kappa shape index (κ1) is 18.2. The van der Waals surface area contributed by atoms with Gasteiger partial charge in [0.1, 0.15) is 5.41 Å². The molecular weight excluding hydrogens is 374 g/mol. The first-order valence-corrected chi connectivity index (χ1v) is 6.92. The Bertz CT molecular complexity index is 434. The molecule has 0 heterocycles. The Morgan fingerprint density at radius 3 is 1.29 bits per heavy atom. The summed E-state index contributed by atoms with van der Waals surface area (Å²) in [6.45, 7) is 0. The van der Waals surface area contributed by atoms with Crippen molar-refractivity contribution in [2.75, 3.05) is 5.33 Å². The number of carbonyl (C=O) groups excluding carboxylic acids is 1. The van der Waals surface area contributed by atoms with Crippen molar-refractivity contribution in [1.82, 2.24) is 0 Å². The maximum absolute atomic E-state index is 12.1. The molecule has 0 spiro atoms. The van der Waals surface area contributed by atoms with Crippen molar-refractivity contribution >= 4 is 27.7 Å². The van der Waals surface area contributed by atoms with Crippen LogP contribution in [0.15, 0.2) is 0 Å². The molecule has 21 heavy (non-hydrogen) atoms. The summed E-state index contributed by atoms with van der Waals surface area (Å²) in [6, 6.07) is 0. The highest BCUT2D eigenvalue weighted by Gasteiger charge is 2.69. The summed E-state index contributed by atoms with van der Waals surface area (Å²) in [5.41, 5.74) is -4.39. The van der Waals surface area contributed by atoms with Gasteiger partial charge in [0, 0.05) is 0 Å². The van der Waals surface area contributed by atoms with Crippen molar-refractivity contribution in [3.05, 3.63) is 0 Å². The van der Waals surface area contributed by atoms with E-state index in [2.05, 4.69) is 15.9 Å². The number of rotatable bonds is 3. The minimum Gasteiger partial charge on any atom is -0.481 e. The van der Waals surface area contributed by atoms with Gasteiger partial charge in [-0.15, -0.1) is 0 Å². The van der Waals surface area contributed by atoms with Crippen LogP contribution in [0, 0.1) is 10.8 Å². The molecule has 2 fully saturated rings. The van der Waals surface area contributed by atoms with Gasteiger partial charge in [-0.2, -0.15) is 26.3 Å². The van der Waals surface area contributed by atoms with Gasteiger partial charge in [0.15, 0.2) is 11.2 Å². The lowest BCUT2D eigenvalue weighted by Crippen LogP contribution is -2.33. The lowest BCUT2D eigenvalue weighted by atomic mass is 10.0. The van der Waals surface area contributed by atoms with E-state index in [1.807, 2.05) is 0 Å². The average Bonchev–Trinajstić information content (AvgIpc) is 3.14. The normalized spacial score (nSPS) is 21.9. The van der Waals surface area contributed by atoms with Gasteiger partial charge in [-0.25, -0.2) is 0 Å². The largest absolute Gasteiger partial charge is 0.481 e. The van der Waals surface area contributed by atoms with E-state index < -0.39 is 34.9 Å². The highest BCUT2D eigenvalue weighted by Crippen LogP contribution is 2.58. The molecule has 2 saturated carbocycles. The van der Waals surface area contributed by atoms with Crippen molar-refractivity contribution in [3.63, 3.8) is 0 Å². The Morgan fingerprint density at radius 2 is 1.24 bits per heavy atom. The second-order valence-electron chi connectivity index (χ2n) is 5.02. The molecule has 2 aliphatic rings. The number of hydrogen-bond acceptors (Lipinski definition) is 2. The first-order valence-electron chi connectivity index (χ1n) is 5.80. The lowest BCUT2D eigenvalue weighted by molar-refractivity contribution is -0.202. The second kappa shape index (κ2) is 5.44. The molecule has 0 bridgehead atoms. The predicted molar refractivity (Wildman–Crippen MR) is 61.9 cm³/mol. The second-order valence-corrected chi connectivity index (χ2v) is 5.58. The minimum atomic E-state index is -4.57. The molecule has 0 aromatic heterocycles. The van der Waals surface area contributed by atoms with Gasteiger partial charge in [-0.3, -0.25) is 9.59 Å². The maximum atomic E-state index is 12.1. The average molecular weight is 385 g/mol. The van der Waals surface area contributed by atoms with Crippen molar-refractivity contribution in [2.24, 2.45) is 10.8 Å². The number of aliphatic carboxylic acids is 1. The Balaban J connectivity index is 0.000000211. The van der Waals surface area contributed by atoms with Crippen molar-refractivity contribution in [3.8, 4) is 0 Å². The van der Waals surface area contributed by atoms with E-state index in [-0.39, 0.29) is 31.0 Å². The van der Waals surface area contributed by atoms with Crippen LogP contribution in [0.3, 0.4) is 0 Å². The zero-order valence-electron chi connectivity index (χ0n) is 10.4. The first-order chi connectivity index (χ1) is 9.34. The number of carbonyl (C=O) groups is 2. The smallest absolute Gasteiger partial charge is 0.404 e. The summed E-state index contributed by atoms with van der Waals surface area (Å²) in [5.74, 6) is -2.50. The Hall–Kier alpha value is -0.800. The SMILES string of the molecule is O=C(CBr)C1(C(F)(F)F)CC1.O=C(O)C1(C(F)(F)F)CC1. The van der Waals surface area contributed by atoms with E-state index >= 15 is 0 Å². The molecule has 122 valence electrons. The molecule has 0 aliphatic heterocycles. The van der Waals surface area contributed by atoms with Crippen LogP contribution < -0.4 is 0 Å². The highest BCUT2D eigenvalue weighted by molar-refractivity contribution is 9.09. The summed E-state index contributed by atoms with van der Waals surface area (Å²) in [6.07, 6.45) is -9.55. The summed E-state index contributed by atoms with van der Waals surface area (Å²) in [5, 5.41) is 7.92. The number of carboxylic acids is 1. The fraction of sp³-hybridized carbons (Fsp3) is 0.818. The molecule has 2 aliphatic carbocycles. The number of halogens is 7. The van der Waals surface area contributed by atoms with E-state index in [0.29, 0.717) is 0 Å². The van der Waals surface area contributed by atoms with Crippen LogP contribution in [0.1, 0.15) is 25.7 Å². The van der Waals surface area contributed by atoms with Crippen LogP contribution in [0.4, 0.5) is 26.3 Å². The number of alkyl halides is 7. The molecule has 0 aromatic rings. The molecular formula is C11H11BrF6O3. The standard InChI is InChI=1S/C6H6BrF3O.C5H5F3O2/c7-3-4(11)5(1-2-5)6(8,9)10;6-5(7,8)4(1-2-4)3(9)10/h1-3H2;1-2H2,(H,9,10). The van der Waals surface area contributed by atoms with Crippen molar-refractivity contribution < 1.29 is 41.0 Å². The molecule has 0 unspecified atom stereocenters. The van der Waals surface area contributed by atoms with E-state index in [1.165, 1.54) is 0 Å². The van der Waals surface area contributed by atoms with Crippen LogP contribution in [-0.2, 0) is 9.59 Å². The summed E-state index contributed by atoms with van der Waals surface area (Å²) in [7, 11) is 0. The van der Waals surface area contributed by atoms with Crippen molar-refractivity contribution in [2.45, 2.75) is 38.0 Å². The van der Waals surface area contributed by atoms with E-state index in [0.717, 1.165) is 0 Å². The molecule has 0 radical (unpaired) electrons. The van der Waals surface area contributed by atoms with Crippen LogP contribution in [0.25, 0.3) is 0 Å². The summed E-state index contributed by atoms with van der Waals surface area (Å²) >= 11 is 2.73. The minimum absolute atomic E-state index is 0.0407.